The molecule has 29 heavy (non-hydrogen) atoms. The average Bonchev–Trinajstić information content (AvgIpc) is 2.67. The Morgan fingerprint density at radius 1 is 1.21 bits per heavy atom. The maximum absolute atomic E-state index is 13.8. The van der Waals surface area contributed by atoms with Crippen molar-refractivity contribution in [2.75, 3.05) is 19.0 Å². The molecule has 3 rings (SSSR count). The van der Waals surface area contributed by atoms with E-state index in [-0.39, 0.29) is 11.1 Å². The molecule has 1 aliphatic rings. The van der Waals surface area contributed by atoms with E-state index in [0.717, 1.165) is 11.9 Å². The predicted octanol–water partition coefficient (Wildman–Crippen LogP) is 2.25. The van der Waals surface area contributed by atoms with Crippen LogP contribution in [-0.2, 0) is 0 Å². The lowest BCUT2D eigenvalue weighted by Crippen LogP contribution is -2.72. The molecule has 2 aromatic rings. The number of hydrogen-bond donors (Lipinski definition) is 3. The molecule has 154 valence electrons. The number of halogens is 3. The van der Waals surface area contributed by atoms with Crippen molar-refractivity contribution in [2.45, 2.75) is 17.9 Å². The van der Waals surface area contributed by atoms with Crippen LogP contribution in [0.3, 0.4) is 0 Å². The lowest BCUT2D eigenvalue weighted by molar-refractivity contribution is -0.287. The normalized spacial score (nSPS) is 24.4. The zero-order valence-corrected chi connectivity index (χ0v) is 15.6. The number of carbonyl (C=O) groups is 2. The SMILES string of the molecule is CN(C)c1ccc([C@@H]2NC(=O)N[C@](O)(C(F)(F)F)[C@@H]2C(=O)c2cccnc2)cc1. The van der Waals surface area contributed by atoms with Gasteiger partial charge in [0.2, 0.25) is 5.72 Å². The van der Waals surface area contributed by atoms with Gasteiger partial charge in [0.25, 0.3) is 0 Å². The molecule has 1 aromatic carbocycles. The van der Waals surface area contributed by atoms with E-state index in [2.05, 4.69) is 10.3 Å². The highest BCUT2D eigenvalue weighted by atomic mass is 19.4. The molecule has 3 atom stereocenters. The maximum atomic E-state index is 13.8. The first-order chi connectivity index (χ1) is 13.5. The van der Waals surface area contributed by atoms with Crippen molar-refractivity contribution < 1.29 is 27.9 Å². The number of benzene rings is 1. The van der Waals surface area contributed by atoms with E-state index >= 15 is 0 Å². The number of nitrogens with zero attached hydrogens (tertiary/aromatic N) is 2. The Kier molecular flexibility index (Phi) is 5.22. The van der Waals surface area contributed by atoms with Gasteiger partial charge in [-0.1, -0.05) is 12.1 Å². The molecule has 1 aliphatic heterocycles. The number of hydrogen-bond acceptors (Lipinski definition) is 5. The van der Waals surface area contributed by atoms with Crippen LogP contribution in [0.15, 0.2) is 48.8 Å². The van der Waals surface area contributed by atoms with Crippen LogP contribution in [0.2, 0.25) is 0 Å². The van der Waals surface area contributed by atoms with Crippen molar-refractivity contribution in [3.63, 3.8) is 0 Å². The number of nitrogens with one attached hydrogen (secondary N) is 2. The number of urea groups is 1. The summed E-state index contributed by atoms with van der Waals surface area (Å²) >= 11 is 0. The fourth-order valence-corrected chi connectivity index (χ4v) is 3.28. The zero-order chi connectivity index (χ0) is 21.4. The van der Waals surface area contributed by atoms with Crippen LogP contribution in [0.1, 0.15) is 22.0 Å². The summed E-state index contributed by atoms with van der Waals surface area (Å²) < 4.78 is 41.5. The lowest BCUT2D eigenvalue weighted by Gasteiger charge is -2.45. The summed E-state index contributed by atoms with van der Waals surface area (Å²) in [4.78, 5) is 30.5. The number of pyridine rings is 1. The van der Waals surface area contributed by atoms with Crippen molar-refractivity contribution in [1.29, 1.82) is 0 Å². The number of rotatable bonds is 4. The molecule has 7 nitrogen and oxygen atoms in total. The number of amides is 2. The Balaban J connectivity index is 2.13. The Labute approximate surface area is 164 Å². The number of carbonyl (C=O) groups excluding carboxylic acids is 2. The van der Waals surface area contributed by atoms with Crippen molar-refractivity contribution in [1.82, 2.24) is 15.6 Å². The van der Waals surface area contributed by atoms with Gasteiger partial charge in [-0.3, -0.25) is 9.78 Å². The minimum Gasteiger partial charge on any atom is -0.378 e. The molecular formula is C19H19F3N4O3. The van der Waals surface area contributed by atoms with Crippen LogP contribution in [0.4, 0.5) is 23.7 Å². The van der Waals surface area contributed by atoms with E-state index in [1.54, 1.807) is 31.1 Å². The number of anilines is 1. The smallest absolute Gasteiger partial charge is 0.378 e. The van der Waals surface area contributed by atoms with Crippen LogP contribution < -0.4 is 15.5 Å². The Bertz CT molecular complexity index is 903. The Morgan fingerprint density at radius 3 is 2.38 bits per heavy atom. The first-order valence-electron chi connectivity index (χ1n) is 8.64. The minimum atomic E-state index is -5.30. The standard InChI is InChI=1S/C19H19F3N4O3/c1-26(2)13-7-5-11(6-8-13)15-14(16(27)12-4-3-9-23-10-12)18(29,19(20,21)22)25-17(28)24-15/h3-10,14-15,29H,1-2H3,(H2,24,25,28)/t14-,15-,18+/m0/s1. The molecule has 0 unspecified atom stereocenters. The van der Waals surface area contributed by atoms with Gasteiger partial charge in [-0.2, -0.15) is 13.2 Å². The first kappa shape index (κ1) is 20.6. The third kappa shape index (κ3) is 3.75. The molecule has 2 heterocycles. The van der Waals surface area contributed by atoms with E-state index in [1.807, 2.05) is 0 Å². The third-order valence-electron chi connectivity index (χ3n) is 4.80. The summed E-state index contributed by atoms with van der Waals surface area (Å²) in [5.41, 5.74) is -2.86. The molecule has 0 radical (unpaired) electrons. The van der Waals surface area contributed by atoms with Crippen molar-refractivity contribution in [2.24, 2.45) is 5.92 Å². The highest BCUT2D eigenvalue weighted by Gasteiger charge is 2.66. The summed E-state index contributed by atoms with van der Waals surface area (Å²) in [6.07, 6.45) is -2.82. The van der Waals surface area contributed by atoms with Crippen LogP contribution in [0.25, 0.3) is 0 Å². The second-order valence-corrected chi connectivity index (χ2v) is 6.91. The third-order valence-corrected chi connectivity index (χ3v) is 4.80. The van der Waals surface area contributed by atoms with Crippen LogP contribution in [0.5, 0.6) is 0 Å². The Morgan fingerprint density at radius 2 is 1.86 bits per heavy atom. The summed E-state index contributed by atoms with van der Waals surface area (Å²) in [5, 5.41) is 14.3. The Hall–Kier alpha value is -3.14. The van der Waals surface area contributed by atoms with Gasteiger partial charge in [-0.15, -0.1) is 0 Å². The second-order valence-electron chi connectivity index (χ2n) is 6.91. The van der Waals surface area contributed by atoms with E-state index in [0.29, 0.717) is 0 Å². The largest absolute Gasteiger partial charge is 0.437 e. The van der Waals surface area contributed by atoms with Crippen molar-refractivity contribution >= 4 is 17.5 Å². The fourth-order valence-electron chi connectivity index (χ4n) is 3.28. The van der Waals surface area contributed by atoms with E-state index in [1.165, 1.54) is 35.8 Å². The molecule has 1 aromatic heterocycles. The summed E-state index contributed by atoms with van der Waals surface area (Å²) in [5.74, 6) is -3.08. The van der Waals surface area contributed by atoms with Gasteiger partial charge < -0.3 is 20.6 Å². The number of aromatic nitrogens is 1. The molecule has 0 spiro atoms. The molecule has 10 heteroatoms. The van der Waals surface area contributed by atoms with Crippen molar-refractivity contribution in [3.8, 4) is 0 Å². The van der Waals surface area contributed by atoms with Gasteiger partial charge in [0.05, 0.1) is 6.04 Å². The molecule has 0 saturated carbocycles. The predicted molar refractivity (Wildman–Crippen MR) is 98.2 cm³/mol. The fraction of sp³-hybridized carbons (Fsp3) is 0.316. The van der Waals surface area contributed by atoms with Gasteiger partial charge in [0.15, 0.2) is 5.78 Å². The topological polar surface area (TPSA) is 94.6 Å². The molecule has 0 bridgehead atoms. The highest BCUT2D eigenvalue weighted by Crippen LogP contribution is 2.44. The second kappa shape index (κ2) is 7.36. The van der Waals surface area contributed by atoms with Crippen LogP contribution in [-0.4, -0.2) is 47.9 Å². The maximum Gasteiger partial charge on any atom is 0.437 e. The summed E-state index contributed by atoms with van der Waals surface area (Å²) in [6, 6.07) is 6.34. The average molecular weight is 408 g/mol. The zero-order valence-electron chi connectivity index (χ0n) is 15.6. The molecule has 3 N–H and O–H groups in total. The highest BCUT2D eigenvalue weighted by molar-refractivity contribution is 6.00. The molecule has 2 amide bonds. The molecule has 0 aliphatic carbocycles. The number of Topliss-reactive ketones (excluding diaryl/α,β-unsaturated/α-hetero) is 1. The minimum absolute atomic E-state index is 0.118. The van der Waals surface area contributed by atoms with E-state index < -0.39 is 35.7 Å². The summed E-state index contributed by atoms with van der Waals surface area (Å²) in [6.45, 7) is 0. The van der Waals surface area contributed by atoms with Gasteiger partial charge in [-0.25, -0.2) is 4.79 Å². The van der Waals surface area contributed by atoms with E-state index in [9.17, 15) is 27.9 Å². The lowest BCUT2D eigenvalue weighted by atomic mass is 9.77. The van der Waals surface area contributed by atoms with Gasteiger partial charge in [-0.05, 0) is 29.8 Å². The summed E-state index contributed by atoms with van der Waals surface area (Å²) in [7, 11) is 3.58. The molecule has 1 fully saturated rings. The van der Waals surface area contributed by atoms with Crippen LogP contribution >= 0.6 is 0 Å². The monoisotopic (exact) mass is 408 g/mol. The first-order valence-corrected chi connectivity index (χ1v) is 8.64. The quantitative estimate of drug-likeness (QED) is 0.675. The van der Waals surface area contributed by atoms with Gasteiger partial charge in [0, 0.05) is 37.7 Å². The van der Waals surface area contributed by atoms with Gasteiger partial charge >= 0.3 is 12.2 Å². The van der Waals surface area contributed by atoms with Gasteiger partial charge in [0.1, 0.15) is 5.92 Å². The number of aliphatic hydroxyl groups is 1. The van der Waals surface area contributed by atoms with Crippen LogP contribution in [0, 0.1) is 5.92 Å². The number of alkyl halides is 3. The van der Waals surface area contributed by atoms with E-state index in [4.69, 9.17) is 0 Å². The van der Waals surface area contributed by atoms with Crippen molar-refractivity contribution in [3.05, 3.63) is 59.9 Å². The number of ketones is 1. The molecular weight excluding hydrogens is 389 g/mol. The molecule has 1 saturated heterocycles.